The van der Waals surface area contributed by atoms with E-state index < -0.39 is 0 Å². The molecule has 0 nitrogen and oxygen atoms in total. The molecule has 0 fully saturated rings. The number of hydrogen-bond acceptors (Lipinski definition) is 0. The fourth-order valence-corrected chi connectivity index (χ4v) is 3.34. The topological polar surface area (TPSA) is 0 Å². The van der Waals surface area contributed by atoms with Gasteiger partial charge in [-0.1, -0.05) is 0 Å². The average molecular weight is 233 g/mol. The van der Waals surface area contributed by atoms with E-state index in [0.717, 1.165) is 0 Å². The van der Waals surface area contributed by atoms with Gasteiger partial charge in [0.2, 0.25) is 0 Å². The molecule has 0 heterocycles. The van der Waals surface area contributed by atoms with Crippen LogP contribution in [0, 0.1) is 13.8 Å². The summed E-state index contributed by atoms with van der Waals surface area (Å²) in [6, 6.07) is 4.50. The predicted octanol–water partition coefficient (Wildman–Crippen LogP) is 4.09. The van der Waals surface area contributed by atoms with Gasteiger partial charge >= 0.3 is 104 Å². The first-order chi connectivity index (χ1) is 7.15. The van der Waals surface area contributed by atoms with Crippen LogP contribution in [0.3, 0.4) is 0 Å². The molecule has 0 aliphatic heterocycles. The summed E-state index contributed by atoms with van der Waals surface area (Å²) in [6.07, 6.45) is 4.92. The maximum atomic E-state index is 2.42. The Hall–Kier alpha value is -0.326. The molecule has 0 radical (unpaired) electrons. The van der Waals surface area contributed by atoms with E-state index in [9.17, 15) is 0 Å². The molecule has 1 unspecified atom stereocenters. The minimum atomic E-state index is 0.639. The van der Waals surface area contributed by atoms with Crippen molar-refractivity contribution in [3.63, 3.8) is 0 Å². The monoisotopic (exact) mass is 233 g/mol. The molecule has 1 aromatic carbocycles. The molecular weight excluding hydrogens is 216 g/mol. The van der Waals surface area contributed by atoms with Crippen molar-refractivity contribution < 1.29 is 20.4 Å². The van der Waals surface area contributed by atoms with Crippen LogP contribution in [0.5, 0.6) is 0 Å². The fraction of sp³-hybridized carbons (Fsp3) is 0.429. The fourth-order valence-electron chi connectivity index (χ4n) is 2.39. The van der Waals surface area contributed by atoms with Gasteiger partial charge in [0.25, 0.3) is 0 Å². The van der Waals surface area contributed by atoms with Crippen LogP contribution in [0.1, 0.15) is 46.2 Å². The Morgan fingerprint density at radius 2 is 1.87 bits per heavy atom. The van der Waals surface area contributed by atoms with Gasteiger partial charge in [-0.2, -0.15) is 0 Å². The molecule has 1 aliphatic carbocycles. The van der Waals surface area contributed by atoms with E-state index in [4.69, 9.17) is 0 Å². The summed E-state index contributed by atoms with van der Waals surface area (Å²) in [5.41, 5.74) is 7.55. The molecular formula is C14H17Ti. The molecule has 2 rings (SSSR count). The summed E-state index contributed by atoms with van der Waals surface area (Å²) in [5, 5.41) is 0. The van der Waals surface area contributed by atoms with E-state index in [1.54, 1.807) is 11.1 Å². The number of fused-ring (bicyclic) bond motifs is 1. The Balaban J connectivity index is 2.49. The van der Waals surface area contributed by atoms with Crippen molar-refractivity contribution in [2.24, 2.45) is 0 Å². The third kappa shape index (κ3) is 1.86. The van der Waals surface area contributed by atoms with Crippen LogP contribution in [0.25, 0.3) is 6.08 Å². The van der Waals surface area contributed by atoms with E-state index in [1.165, 1.54) is 29.5 Å². The molecule has 1 heteroatoms. The van der Waals surface area contributed by atoms with E-state index in [-0.39, 0.29) is 0 Å². The van der Waals surface area contributed by atoms with E-state index in [0.29, 0.717) is 4.22 Å². The Kier molecular flexibility index (Phi) is 3.18. The molecule has 77 valence electrons. The van der Waals surface area contributed by atoms with Gasteiger partial charge in [-0.15, -0.1) is 0 Å². The number of benzene rings is 1. The summed E-state index contributed by atoms with van der Waals surface area (Å²) in [5.74, 6) is 0. The van der Waals surface area contributed by atoms with Crippen molar-refractivity contribution in [2.45, 2.75) is 37.8 Å². The van der Waals surface area contributed by atoms with Crippen LogP contribution in [0.4, 0.5) is 0 Å². The number of hydrogen-bond donors (Lipinski definition) is 0. The first-order valence-electron chi connectivity index (χ1n) is 5.66. The Morgan fingerprint density at radius 3 is 2.47 bits per heavy atom. The molecule has 0 N–H and O–H groups in total. The average Bonchev–Trinajstić information content (AvgIpc) is 2.53. The third-order valence-corrected chi connectivity index (χ3v) is 4.28. The number of rotatable bonds is 2. The quantitative estimate of drug-likeness (QED) is 0.675. The van der Waals surface area contributed by atoms with Crippen LogP contribution in [-0.4, -0.2) is 0 Å². The molecule has 0 spiro atoms. The SMILES string of the molecule is CCCC1=Cc2c(C)ccc(C)c2[CH]1[Ti]. The van der Waals surface area contributed by atoms with Gasteiger partial charge < -0.3 is 0 Å². The van der Waals surface area contributed by atoms with Gasteiger partial charge in [0.15, 0.2) is 0 Å². The molecule has 0 saturated carbocycles. The second kappa shape index (κ2) is 4.27. The van der Waals surface area contributed by atoms with Crippen LogP contribution < -0.4 is 0 Å². The van der Waals surface area contributed by atoms with Crippen molar-refractivity contribution >= 4 is 6.08 Å². The third-order valence-electron chi connectivity index (χ3n) is 3.25. The summed E-state index contributed by atoms with van der Waals surface area (Å²) >= 11 is 2.35. The Morgan fingerprint density at radius 1 is 1.20 bits per heavy atom. The van der Waals surface area contributed by atoms with Crippen LogP contribution in [0.15, 0.2) is 17.7 Å². The second-order valence-electron chi connectivity index (χ2n) is 4.43. The summed E-state index contributed by atoms with van der Waals surface area (Å²) in [7, 11) is 0. The zero-order chi connectivity index (χ0) is 11.0. The molecule has 15 heavy (non-hydrogen) atoms. The number of allylic oxidation sites excluding steroid dienone is 1. The first-order valence-corrected chi connectivity index (χ1v) is 6.57. The summed E-state index contributed by atoms with van der Waals surface area (Å²) < 4.78 is 0.639. The molecule has 1 aromatic rings. The van der Waals surface area contributed by atoms with E-state index in [1.807, 2.05) is 0 Å². The Bertz CT molecular complexity index is 416. The number of aryl methyl sites for hydroxylation is 2. The van der Waals surface area contributed by atoms with Gasteiger partial charge in [-0.25, -0.2) is 0 Å². The van der Waals surface area contributed by atoms with Crippen molar-refractivity contribution in [3.8, 4) is 0 Å². The van der Waals surface area contributed by atoms with Crippen molar-refractivity contribution in [2.75, 3.05) is 0 Å². The normalized spacial score (nSPS) is 18.8. The van der Waals surface area contributed by atoms with Crippen molar-refractivity contribution in [3.05, 3.63) is 40.0 Å². The summed E-state index contributed by atoms with van der Waals surface area (Å²) in [6.45, 7) is 6.71. The van der Waals surface area contributed by atoms with E-state index >= 15 is 0 Å². The molecule has 0 amide bonds. The molecule has 0 bridgehead atoms. The zero-order valence-corrected chi connectivity index (χ0v) is 11.3. The van der Waals surface area contributed by atoms with Gasteiger partial charge in [-0.05, 0) is 0 Å². The molecule has 0 aromatic heterocycles. The molecule has 1 atom stereocenters. The predicted molar refractivity (Wildman–Crippen MR) is 61.5 cm³/mol. The van der Waals surface area contributed by atoms with E-state index in [2.05, 4.69) is 59.4 Å². The van der Waals surface area contributed by atoms with Gasteiger partial charge in [0.1, 0.15) is 0 Å². The first kappa shape index (κ1) is 11.2. The van der Waals surface area contributed by atoms with Crippen LogP contribution >= 0.6 is 0 Å². The minimum absolute atomic E-state index is 0.639. The van der Waals surface area contributed by atoms with Gasteiger partial charge in [-0.3, -0.25) is 0 Å². The molecule has 0 saturated heterocycles. The van der Waals surface area contributed by atoms with Gasteiger partial charge in [0, 0.05) is 0 Å². The van der Waals surface area contributed by atoms with Crippen molar-refractivity contribution in [1.82, 2.24) is 0 Å². The van der Waals surface area contributed by atoms with Gasteiger partial charge in [0.05, 0.1) is 0 Å². The van der Waals surface area contributed by atoms with Crippen LogP contribution in [0.2, 0.25) is 0 Å². The summed E-state index contributed by atoms with van der Waals surface area (Å²) in [4.78, 5) is 0. The Labute approximate surface area is 104 Å². The zero-order valence-electron chi connectivity index (χ0n) is 9.72. The van der Waals surface area contributed by atoms with Crippen LogP contribution in [-0.2, 0) is 20.4 Å². The maximum absolute atomic E-state index is 2.42. The molecule has 1 aliphatic rings. The second-order valence-corrected chi connectivity index (χ2v) is 5.33. The standard InChI is InChI=1S/C14H17.Ti/c1-4-5-12-8-13-10(2)6-7-11(3)14(13)9-12;/h6-9H,4-5H2,1-3H3;. The van der Waals surface area contributed by atoms with Crippen molar-refractivity contribution in [1.29, 1.82) is 0 Å².